The van der Waals surface area contributed by atoms with Crippen molar-refractivity contribution in [2.24, 2.45) is 7.05 Å². The third kappa shape index (κ3) is 3.48. The number of pyridine rings is 2. The van der Waals surface area contributed by atoms with Crippen molar-refractivity contribution in [3.05, 3.63) is 57.6 Å². The van der Waals surface area contributed by atoms with Crippen LogP contribution in [0.1, 0.15) is 44.0 Å². The van der Waals surface area contributed by atoms with Gasteiger partial charge in [-0.3, -0.25) is 4.79 Å². The molecule has 32 heavy (non-hydrogen) atoms. The van der Waals surface area contributed by atoms with Gasteiger partial charge in [-0.25, -0.2) is 4.98 Å². The summed E-state index contributed by atoms with van der Waals surface area (Å²) in [7, 11) is 1.69. The highest BCUT2D eigenvalue weighted by Crippen LogP contribution is 2.39. The highest BCUT2D eigenvalue weighted by Gasteiger charge is 2.30. The summed E-state index contributed by atoms with van der Waals surface area (Å²) in [6, 6.07) is 9.30. The highest BCUT2D eigenvalue weighted by atomic mass is 35.5. The minimum absolute atomic E-state index is 0.0535. The van der Waals surface area contributed by atoms with Gasteiger partial charge in [-0.1, -0.05) is 30.7 Å². The number of fused-ring (bicyclic) bond motifs is 1. The van der Waals surface area contributed by atoms with Crippen molar-refractivity contribution < 1.29 is 0 Å². The van der Waals surface area contributed by atoms with Gasteiger partial charge in [0.1, 0.15) is 5.82 Å². The zero-order valence-corrected chi connectivity index (χ0v) is 18.5. The molecule has 1 aromatic carbocycles. The van der Waals surface area contributed by atoms with Crippen LogP contribution in [-0.2, 0) is 7.05 Å². The molecule has 3 heterocycles. The number of nitrogen functional groups attached to an aromatic ring is 1. The van der Waals surface area contributed by atoms with Crippen molar-refractivity contribution in [2.75, 3.05) is 11.1 Å². The number of nitrogens with two attached hydrogens (primary N) is 1. The molecule has 1 saturated carbocycles. The number of benzene rings is 1. The average molecular weight is 451 g/mol. The third-order valence-electron chi connectivity index (χ3n) is 5.76. The first-order chi connectivity index (χ1) is 15.5. The van der Waals surface area contributed by atoms with Gasteiger partial charge < -0.3 is 15.6 Å². The summed E-state index contributed by atoms with van der Waals surface area (Å²) in [6.45, 7) is 2.06. The minimum Gasteiger partial charge on any atom is -0.398 e. The molecule has 0 amide bonds. The summed E-state index contributed by atoms with van der Waals surface area (Å²) in [5, 5.41) is 17.7. The lowest BCUT2D eigenvalue weighted by atomic mass is 10.0. The summed E-state index contributed by atoms with van der Waals surface area (Å²) in [4.78, 5) is 19.3. The van der Waals surface area contributed by atoms with E-state index >= 15 is 0 Å². The number of aryl methyl sites for hydroxylation is 1. The molecule has 1 aliphatic rings. The Balaban J connectivity index is 1.64. The maximum atomic E-state index is 13.5. The lowest BCUT2D eigenvalue weighted by molar-refractivity contribution is 0.604. The quantitative estimate of drug-likeness (QED) is 0.459. The van der Waals surface area contributed by atoms with E-state index in [9.17, 15) is 4.79 Å². The van der Waals surface area contributed by atoms with E-state index in [1.165, 1.54) is 4.80 Å². The Hall–Kier alpha value is -3.46. The smallest absolute Gasteiger partial charge is 0.260 e. The van der Waals surface area contributed by atoms with E-state index in [0.29, 0.717) is 33.3 Å². The van der Waals surface area contributed by atoms with Gasteiger partial charge in [-0.2, -0.15) is 4.80 Å². The Labute approximate surface area is 189 Å². The molecular weight excluding hydrogens is 428 g/mol. The minimum atomic E-state index is -0.184. The Morgan fingerprint density at radius 3 is 2.81 bits per heavy atom. The maximum absolute atomic E-state index is 13.5. The molecule has 0 radical (unpaired) electrons. The lowest BCUT2D eigenvalue weighted by Crippen LogP contribution is -2.27. The van der Waals surface area contributed by atoms with Crippen molar-refractivity contribution in [1.29, 1.82) is 0 Å². The first-order valence-corrected chi connectivity index (χ1v) is 10.9. The number of halogens is 1. The van der Waals surface area contributed by atoms with Crippen LogP contribution in [0.2, 0.25) is 5.02 Å². The van der Waals surface area contributed by atoms with Gasteiger partial charge in [0.05, 0.1) is 29.1 Å². The van der Waals surface area contributed by atoms with Crippen LogP contribution in [0.25, 0.3) is 22.2 Å². The van der Waals surface area contributed by atoms with Crippen LogP contribution in [0.4, 0.5) is 11.5 Å². The van der Waals surface area contributed by atoms with Crippen molar-refractivity contribution in [3.63, 3.8) is 0 Å². The number of nitrogens with one attached hydrogen (secondary N) is 1. The molecule has 3 N–H and O–H groups in total. The van der Waals surface area contributed by atoms with Crippen molar-refractivity contribution in [1.82, 2.24) is 29.8 Å². The number of hydrogen-bond acceptors (Lipinski definition) is 7. The summed E-state index contributed by atoms with van der Waals surface area (Å²) in [5.74, 6) is 0.936. The van der Waals surface area contributed by atoms with Gasteiger partial charge in [-0.05, 0) is 48.1 Å². The van der Waals surface area contributed by atoms with Crippen molar-refractivity contribution >= 4 is 33.9 Å². The molecule has 0 spiro atoms. The van der Waals surface area contributed by atoms with Crippen LogP contribution < -0.4 is 16.6 Å². The number of nitrogens with zero attached hydrogens (tertiary/aromatic N) is 6. The molecule has 0 aliphatic heterocycles. The number of tetrazole rings is 1. The predicted molar refractivity (Wildman–Crippen MR) is 125 cm³/mol. The van der Waals surface area contributed by atoms with Gasteiger partial charge in [0, 0.05) is 23.6 Å². The largest absolute Gasteiger partial charge is 0.398 e. The third-order valence-corrected chi connectivity index (χ3v) is 6.08. The number of anilines is 2. The van der Waals surface area contributed by atoms with Gasteiger partial charge in [-0.15, -0.1) is 10.2 Å². The van der Waals surface area contributed by atoms with E-state index in [1.54, 1.807) is 25.4 Å². The summed E-state index contributed by atoms with van der Waals surface area (Å²) >= 11 is 6.39. The second kappa shape index (κ2) is 7.90. The molecule has 0 saturated heterocycles. The van der Waals surface area contributed by atoms with E-state index in [1.807, 2.05) is 16.7 Å². The Morgan fingerprint density at radius 1 is 1.31 bits per heavy atom. The predicted octanol–water partition coefficient (Wildman–Crippen LogP) is 3.72. The molecule has 5 rings (SSSR count). The van der Waals surface area contributed by atoms with E-state index in [-0.39, 0.29) is 17.6 Å². The molecule has 1 aliphatic carbocycles. The van der Waals surface area contributed by atoms with Crippen LogP contribution in [0, 0.1) is 0 Å². The molecular formula is C22H23ClN8O. The molecule has 10 heteroatoms. The first kappa shape index (κ1) is 20.4. The number of hydrogen-bond donors (Lipinski definition) is 2. The highest BCUT2D eigenvalue weighted by molar-refractivity contribution is 6.35. The fourth-order valence-corrected chi connectivity index (χ4v) is 4.35. The fourth-order valence-electron chi connectivity index (χ4n) is 4.09. The Morgan fingerprint density at radius 2 is 2.12 bits per heavy atom. The van der Waals surface area contributed by atoms with Gasteiger partial charge in [0.25, 0.3) is 5.56 Å². The van der Waals surface area contributed by atoms with Gasteiger partial charge in [0.2, 0.25) is 5.82 Å². The normalized spacial score (nSPS) is 14.6. The van der Waals surface area contributed by atoms with E-state index in [2.05, 4.69) is 38.7 Å². The van der Waals surface area contributed by atoms with E-state index in [4.69, 9.17) is 17.3 Å². The number of aromatic nitrogens is 6. The topological polar surface area (TPSA) is 117 Å². The Kier molecular flexibility index (Phi) is 5.05. The molecule has 164 valence electrons. The van der Waals surface area contributed by atoms with Gasteiger partial charge >= 0.3 is 0 Å². The van der Waals surface area contributed by atoms with Gasteiger partial charge in [0.15, 0.2) is 0 Å². The maximum Gasteiger partial charge on any atom is 0.260 e. The molecule has 9 nitrogen and oxygen atoms in total. The van der Waals surface area contributed by atoms with Crippen molar-refractivity contribution in [3.8, 4) is 11.4 Å². The zero-order chi connectivity index (χ0) is 22.4. The van der Waals surface area contributed by atoms with Crippen LogP contribution in [-0.4, -0.2) is 29.8 Å². The van der Waals surface area contributed by atoms with E-state index < -0.39 is 0 Å². The molecule has 1 fully saturated rings. The fraction of sp³-hybridized carbons (Fsp3) is 0.318. The molecule has 4 aromatic rings. The van der Waals surface area contributed by atoms with Crippen LogP contribution in [0.5, 0.6) is 0 Å². The molecule has 0 unspecified atom stereocenters. The van der Waals surface area contributed by atoms with Crippen molar-refractivity contribution in [2.45, 2.75) is 38.3 Å². The monoisotopic (exact) mass is 450 g/mol. The second-order valence-corrected chi connectivity index (χ2v) is 8.42. The Bertz CT molecular complexity index is 1370. The second-order valence-electron chi connectivity index (χ2n) is 8.01. The summed E-state index contributed by atoms with van der Waals surface area (Å²) in [6.07, 6.45) is 4.32. The lowest BCUT2D eigenvalue weighted by Gasteiger charge is -2.24. The zero-order valence-electron chi connectivity index (χ0n) is 17.8. The van der Waals surface area contributed by atoms with Crippen LogP contribution >= 0.6 is 11.6 Å². The summed E-state index contributed by atoms with van der Waals surface area (Å²) < 4.78 is 1.89. The van der Waals surface area contributed by atoms with Crippen LogP contribution in [0.3, 0.4) is 0 Å². The molecule has 0 bridgehead atoms. The molecule has 3 aromatic heterocycles. The number of rotatable bonds is 6. The SMILES string of the molecule is CC[C@H](Nc1nccc(N)c1-c1nnn(C)n1)c1cc2cccc(Cl)c2c(=O)n1C1CC1. The average Bonchev–Trinajstić information content (AvgIpc) is 3.51. The van der Waals surface area contributed by atoms with Crippen LogP contribution in [0.15, 0.2) is 41.3 Å². The van der Waals surface area contributed by atoms with E-state index in [0.717, 1.165) is 30.3 Å². The summed E-state index contributed by atoms with van der Waals surface area (Å²) in [5.41, 5.74) is 8.18. The molecule has 1 atom stereocenters. The first-order valence-electron chi connectivity index (χ1n) is 10.6. The standard InChI is InChI=1S/C22H23ClN8O/c1-3-16(26-20-19(15(24)9-10-25-20)21-27-29-30(2)28-21)17-11-12-5-4-6-14(23)18(12)22(32)31(17)13-7-8-13/h4-6,9-11,13,16H,3,7-8H2,1-2H3,(H3,24,25,26)/t16-/m0/s1.